The average molecular weight is 476 g/mol. The first-order valence-electron chi connectivity index (χ1n) is 11.5. The highest BCUT2D eigenvalue weighted by Crippen LogP contribution is 2.26. The molecule has 9 heteroatoms. The van der Waals surface area contributed by atoms with Crippen LogP contribution in [0.2, 0.25) is 0 Å². The molecule has 34 heavy (non-hydrogen) atoms. The fourth-order valence-electron chi connectivity index (χ4n) is 3.63. The molecule has 0 bridgehead atoms. The normalized spacial score (nSPS) is 12.3. The van der Waals surface area contributed by atoms with Gasteiger partial charge in [-0.2, -0.15) is 5.10 Å². The zero-order valence-electron chi connectivity index (χ0n) is 20.5. The number of nitrogens with one attached hydrogen (secondary N) is 2. The van der Waals surface area contributed by atoms with Gasteiger partial charge in [0.1, 0.15) is 17.2 Å². The quantitative estimate of drug-likeness (QED) is 0.301. The molecule has 1 amide bonds. The number of hydrogen-bond acceptors (Lipinski definition) is 6. The third-order valence-electron chi connectivity index (χ3n) is 5.15. The molecule has 2 rings (SSSR count). The van der Waals surface area contributed by atoms with Gasteiger partial charge in [0.15, 0.2) is 0 Å². The van der Waals surface area contributed by atoms with Crippen LogP contribution in [0.15, 0.2) is 41.6 Å². The van der Waals surface area contributed by atoms with E-state index < -0.39 is 17.5 Å². The van der Waals surface area contributed by atoms with E-state index in [2.05, 4.69) is 15.5 Å². The second kappa shape index (κ2) is 15.5. The third kappa shape index (κ3) is 8.20. The smallest absolute Gasteiger partial charge is 0.259 e. The molecule has 186 valence electrons. The molecule has 2 atom stereocenters. The number of amides is 1. The standard InChI is InChI=1S/C23H29F2N5O2.C2H6/c1-4-7-16(15-32-21-11-10-17(24)14-27-21)20(5-2)30(3)23(31)22-18(25)8-6-9-19(22)29-28-13-12-26;1-2/h6,8-14,16,20,26,29H,4-5,7,15H2,1-3H3;1-2H3/b26-12?,28-13-;. The van der Waals surface area contributed by atoms with Crippen molar-refractivity contribution in [1.82, 2.24) is 9.88 Å². The number of carbonyl (C=O) groups is 1. The number of hydrazone groups is 1. The maximum atomic E-state index is 14.6. The molecule has 1 heterocycles. The summed E-state index contributed by atoms with van der Waals surface area (Å²) in [7, 11) is 1.65. The summed E-state index contributed by atoms with van der Waals surface area (Å²) in [5, 5.41) is 10.8. The summed E-state index contributed by atoms with van der Waals surface area (Å²) in [6.07, 6.45) is 5.53. The van der Waals surface area contributed by atoms with Gasteiger partial charge in [0.25, 0.3) is 5.91 Å². The molecular formula is C25H35F2N5O2. The highest BCUT2D eigenvalue weighted by atomic mass is 19.1. The molecule has 0 saturated heterocycles. The summed E-state index contributed by atoms with van der Waals surface area (Å²) in [4.78, 5) is 18.7. The summed E-state index contributed by atoms with van der Waals surface area (Å²) in [5.74, 6) is -1.32. The lowest BCUT2D eigenvalue weighted by Crippen LogP contribution is -2.44. The van der Waals surface area contributed by atoms with Crippen molar-refractivity contribution in [2.24, 2.45) is 11.0 Å². The van der Waals surface area contributed by atoms with Crippen LogP contribution in [0.1, 0.15) is 57.3 Å². The van der Waals surface area contributed by atoms with Crippen LogP contribution in [0.5, 0.6) is 5.88 Å². The highest BCUT2D eigenvalue weighted by molar-refractivity contribution is 6.14. The summed E-state index contributed by atoms with van der Waals surface area (Å²) in [6.45, 7) is 8.29. The van der Waals surface area contributed by atoms with Crippen LogP contribution in [0.25, 0.3) is 0 Å². The van der Waals surface area contributed by atoms with E-state index in [1.54, 1.807) is 13.1 Å². The van der Waals surface area contributed by atoms with Gasteiger partial charge in [0.2, 0.25) is 5.88 Å². The van der Waals surface area contributed by atoms with Crippen molar-refractivity contribution in [3.8, 4) is 5.88 Å². The van der Waals surface area contributed by atoms with Crippen molar-refractivity contribution in [3.63, 3.8) is 0 Å². The van der Waals surface area contributed by atoms with E-state index in [9.17, 15) is 13.6 Å². The van der Waals surface area contributed by atoms with E-state index in [0.717, 1.165) is 25.3 Å². The number of pyridine rings is 1. The zero-order valence-corrected chi connectivity index (χ0v) is 20.5. The van der Waals surface area contributed by atoms with Crippen molar-refractivity contribution < 1.29 is 18.3 Å². The molecule has 0 saturated carbocycles. The Morgan fingerprint density at radius 2 is 2.00 bits per heavy atom. The van der Waals surface area contributed by atoms with Crippen molar-refractivity contribution in [2.75, 3.05) is 19.1 Å². The molecule has 1 aromatic carbocycles. The Labute approximate surface area is 200 Å². The number of anilines is 1. The molecule has 0 fully saturated rings. The Morgan fingerprint density at radius 3 is 2.59 bits per heavy atom. The monoisotopic (exact) mass is 475 g/mol. The van der Waals surface area contributed by atoms with Gasteiger partial charge in [0, 0.05) is 31.3 Å². The van der Waals surface area contributed by atoms with E-state index in [4.69, 9.17) is 10.1 Å². The minimum absolute atomic E-state index is 0.0371. The van der Waals surface area contributed by atoms with E-state index in [1.165, 1.54) is 35.4 Å². The summed E-state index contributed by atoms with van der Waals surface area (Å²) in [5.41, 5.74) is 2.72. The van der Waals surface area contributed by atoms with Crippen LogP contribution in [0.4, 0.5) is 14.5 Å². The van der Waals surface area contributed by atoms with Gasteiger partial charge in [0.05, 0.1) is 24.7 Å². The number of nitrogens with zero attached hydrogens (tertiary/aromatic N) is 3. The summed E-state index contributed by atoms with van der Waals surface area (Å²) in [6, 6.07) is 6.77. The van der Waals surface area contributed by atoms with Crippen LogP contribution in [-0.4, -0.2) is 47.9 Å². The van der Waals surface area contributed by atoms with E-state index in [0.29, 0.717) is 12.3 Å². The topological polar surface area (TPSA) is 90.7 Å². The van der Waals surface area contributed by atoms with Crippen LogP contribution < -0.4 is 10.2 Å². The number of carbonyl (C=O) groups excluding carboxylic acids is 1. The molecule has 2 N–H and O–H groups in total. The van der Waals surface area contributed by atoms with E-state index in [1.807, 2.05) is 27.7 Å². The molecule has 0 aliphatic heterocycles. The molecule has 0 radical (unpaired) electrons. The predicted octanol–water partition coefficient (Wildman–Crippen LogP) is 5.78. The fourth-order valence-corrected chi connectivity index (χ4v) is 3.63. The SMILES string of the molecule is CC.CCCC(COc1ccc(F)cn1)C(CC)N(C)C(=O)c1c(F)cccc1N/N=C\C=N. The molecule has 7 nitrogen and oxygen atoms in total. The number of hydrogen-bond donors (Lipinski definition) is 2. The van der Waals surface area contributed by atoms with E-state index >= 15 is 0 Å². The summed E-state index contributed by atoms with van der Waals surface area (Å²) < 4.78 is 33.5. The first-order valence-corrected chi connectivity index (χ1v) is 11.5. The Bertz CT molecular complexity index is 922. The number of halogens is 2. The van der Waals surface area contributed by atoms with Gasteiger partial charge < -0.3 is 15.0 Å². The number of aromatic nitrogens is 1. The zero-order chi connectivity index (χ0) is 25.5. The largest absolute Gasteiger partial charge is 0.477 e. The van der Waals surface area contributed by atoms with Crippen molar-refractivity contribution in [1.29, 1.82) is 5.41 Å². The average Bonchev–Trinajstić information content (AvgIpc) is 2.85. The van der Waals surface area contributed by atoms with Crippen molar-refractivity contribution in [3.05, 3.63) is 53.7 Å². The molecular weight excluding hydrogens is 440 g/mol. The van der Waals surface area contributed by atoms with Gasteiger partial charge in [-0.1, -0.05) is 40.2 Å². The van der Waals surface area contributed by atoms with Crippen molar-refractivity contribution in [2.45, 2.75) is 53.0 Å². The number of benzene rings is 1. The van der Waals surface area contributed by atoms with Gasteiger partial charge >= 0.3 is 0 Å². The number of rotatable bonds is 12. The maximum absolute atomic E-state index is 14.6. The molecule has 0 aliphatic carbocycles. The Morgan fingerprint density at radius 1 is 1.26 bits per heavy atom. The Hall–Kier alpha value is -3.36. The summed E-state index contributed by atoms with van der Waals surface area (Å²) >= 11 is 0. The minimum atomic E-state index is -0.662. The Kier molecular flexibility index (Phi) is 13.0. The lowest BCUT2D eigenvalue weighted by Gasteiger charge is -2.34. The Balaban J connectivity index is 0.00000281. The van der Waals surface area contributed by atoms with Gasteiger partial charge in [-0.25, -0.2) is 13.8 Å². The molecule has 0 aliphatic rings. The highest BCUT2D eigenvalue weighted by Gasteiger charge is 2.30. The van der Waals surface area contributed by atoms with Crippen LogP contribution in [0, 0.1) is 23.0 Å². The predicted molar refractivity (Wildman–Crippen MR) is 133 cm³/mol. The van der Waals surface area contributed by atoms with Gasteiger partial charge in [-0.05, 0) is 31.0 Å². The minimum Gasteiger partial charge on any atom is -0.477 e. The number of ether oxygens (including phenoxy) is 1. The lowest BCUT2D eigenvalue weighted by molar-refractivity contribution is 0.0600. The van der Waals surface area contributed by atoms with E-state index in [-0.39, 0.29) is 29.8 Å². The van der Waals surface area contributed by atoms with Gasteiger partial charge in [-0.3, -0.25) is 10.2 Å². The molecule has 2 aromatic rings. The third-order valence-corrected chi connectivity index (χ3v) is 5.15. The van der Waals surface area contributed by atoms with Crippen LogP contribution in [0.3, 0.4) is 0 Å². The molecule has 1 aromatic heterocycles. The maximum Gasteiger partial charge on any atom is 0.259 e. The van der Waals surface area contributed by atoms with Gasteiger partial charge in [-0.15, -0.1) is 0 Å². The first-order chi connectivity index (χ1) is 16.4. The second-order valence-corrected chi connectivity index (χ2v) is 7.29. The van der Waals surface area contributed by atoms with Crippen LogP contribution in [-0.2, 0) is 0 Å². The van der Waals surface area contributed by atoms with Crippen molar-refractivity contribution >= 4 is 24.0 Å². The molecule has 0 spiro atoms. The second-order valence-electron chi connectivity index (χ2n) is 7.29. The van der Waals surface area contributed by atoms with Crippen LogP contribution >= 0.6 is 0 Å². The molecule has 2 unspecified atom stereocenters. The lowest BCUT2D eigenvalue weighted by atomic mass is 9.92. The first kappa shape index (κ1) is 28.7. The fraction of sp³-hybridized carbons (Fsp3) is 0.440.